The second-order valence-corrected chi connectivity index (χ2v) is 4.64. The maximum absolute atomic E-state index is 11.6. The molecule has 92 valence electrons. The SMILES string of the molecule is C=C(C)C(=O)OC1(CC)CCC(OC)CC1. The van der Waals surface area contributed by atoms with Gasteiger partial charge in [0.1, 0.15) is 5.60 Å². The van der Waals surface area contributed by atoms with Gasteiger partial charge < -0.3 is 9.47 Å². The van der Waals surface area contributed by atoms with Gasteiger partial charge in [0.25, 0.3) is 0 Å². The molecule has 3 heteroatoms. The summed E-state index contributed by atoms with van der Waals surface area (Å²) < 4.78 is 10.9. The molecule has 0 atom stereocenters. The molecule has 0 aromatic heterocycles. The summed E-state index contributed by atoms with van der Waals surface area (Å²) in [7, 11) is 1.74. The van der Waals surface area contributed by atoms with Crippen LogP contribution in [-0.2, 0) is 14.3 Å². The van der Waals surface area contributed by atoms with Crippen molar-refractivity contribution in [2.24, 2.45) is 0 Å². The van der Waals surface area contributed by atoms with Crippen LogP contribution >= 0.6 is 0 Å². The molecule has 0 aliphatic heterocycles. The molecule has 16 heavy (non-hydrogen) atoms. The van der Waals surface area contributed by atoms with Crippen LogP contribution in [0.3, 0.4) is 0 Å². The van der Waals surface area contributed by atoms with E-state index in [1.54, 1.807) is 14.0 Å². The fourth-order valence-corrected chi connectivity index (χ4v) is 2.16. The van der Waals surface area contributed by atoms with Gasteiger partial charge in [-0.05, 0) is 39.0 Å². The average molecular weight is 226 g/mol. The Morgan fingerprint density at radius 3 is 2.38 bits per heavy atom. The van der Waals surface area contributed by atoms with Gasteiger partial charge in [0, 0.05) is 12.7 Å². The van der Waals surface area contributed by atoms with Crippen LogP contribution in [0.2, 0.25) is 0 Å². The van der Waals surface area contributed by atoms with Crippen molar-refractivity contribution < 1.29 is 14.3 Å². The third-order valence-electron chi connectivity index (χ3n) is 3.48. The Morgan fingerprint density at radius 1 is 1.44 bits per heavy atom. The molecule has 1 rings (SSSR count). The molecule has 1 aliphatic carbocycles. The van der Waals surface area contributed by atoms with Crippen LogP contribution in [0.4, 0.5) is 0 Å². The predicted molar refractivity (Wildman–Crippen MR) is 63.2 cm³/mol. The van der Waals surface area contributed by atoms with Gasteiger partial charge in [-0.15, -0.1) is 0 Å². The van der Waals surface area contributed by atoms with Crippen molar-refractivity contribution in [2.75, 3.05) is 7.11 Å². The van der Waals surface area contributed by atoms with Crippen LogP contribution in [0, 0.1) is 0 Å². The number of rotatable bonds is 4. The van der Waals surface area contributed by atoms with E-state index in [2.05, 4.69) is 13.5 Å². The topological polar surface area (TPSA) is 35.5 Å². The van der Waals surface area contributed by atoms with Gasteiger partial charge in [0.15, 0.2) is 0 Å². The van der Waals surface area contributed by atoms with Gasteiger partial charge in [-0.3, -0.25) is 0 Å². The number of esters is 1. The molecule has 1 fully saturated rings. The van der Waals surface area contributed by atoms with Gasteiger partial charge in [0.2, 0.25) is 0 Å². The fraction of sp³-hybridized carbons (Fsp3) is 0.769. The van der Waals surface area contributed by atoms with Crippen molar-refractivity contribution >= 4 is 5.97 Å². The summed E-state index contributed by atoms with van der Waals surface area (Å²) in [4.78, 5) is 11.6. The summed E-state index contributed by atoms with van der Waals surface area (Å²) in [5, 5.41) is 0. The van der Waals surface area contributed by atoms with E-state index in [9.17, 15) is 4.79 Å². The maximum atomic E-state index is 11.6. The third kappa shape index (κ3) is 3.08. The zero-order chi connectivity index (χ0) is 12.2. The quantitative estimate of drug-likeness (QED) is 0.546. The summed E-state index contributed by atoms with van der Waals surface area (Å²) in [5.74, 6) is -0.266. The van der Waals surface area contributed by atoms with Crippen LogP contribution in [0.25, 0.3) is 0 Å². The first kappa shape index (κ1) is 13.2. The Labute approximate surface area is 97.8 Å². The lowest BCUT2D eigenvalue weighted by atomic mass is 9.81. The van der Waals surface area contributed by atoms with Crippen molar-refractivity contribution in [1.29, 1.82) is 0 Å². The number of methoxy groups -OCH3 is 1. The van der Waals surface area contributed by atoms with Crippen molar-refractivity contribution in [2.45, 2.75) is 57.7 Å². The van der Waals surface area contributed by atoms with E-state index in [1.165, 1.54) is 0 Å². The first-order valence-electron chi connectivity index (χ1n) is 5.94. The summed E-state index contributed by atoms with van der Waals surface area (Å²) in [6.07, 6.45) is 4.90. The first-order chi connectivity index (χ1) is 7.53. The number of carbonyl (C=O) groups excluding carboxylic acids is 1. The van der Waals surface area contributed by atoms with Crippen molar-refractivity contribution in [1.82, 2.24) is 0 Å². The first-order valence-corrected chi connectivity index (χ1v) is 5.94. The Hall–Kier alpha value is -0.830. The molecular formula is C13H22O3. The van der Waals surface area contributed by atoms with E-state index in [1.807, 2.05) is 0 Å². The second kappa shape index (κ2) is 5.48. The van der Waals surface area contributed by atoms with E-state index in [0.717, 1.165) is 32.1 Å². The van der Waals surface area contributed by atoms with Crippen LogP contribution in [-0.4, -0.2) is 24.8 Å². The molecular weight excluding hydrogens is 204 g/mol. The molecule has 0 radical (unpaired) electrons. The predicted octanol–water partition coefficient (Wildman–Crippen LogP) is 2.84. The fourth-order valence-electron chi connectivity index (χ4n) is 2.16. The lowest BCUT2D eigenvalue weighted by molar-refractivity contribution is -0.161. The second-order valence-electron chi connectivity index (χ2n) is 4.64. The summed E-state index contributed by atoms with van der Waals surface area (Å²) >= 11 is 0. The highest BCUT2D eigenvalue weighted by atomic mass is 16.6. The summed E-state index contributed by atoms with van der Waals surface area (Å²) in [6, 6.07) is 0. The van der Waals surface area contributed by atoms with Gasteiger partial charge in [-0.2, -0.15) is 0 Å². The maximum Gasteiger partial charge on any atom is 0.333 e. The molecule has 0 spiro atoms. The van der Waals surface area contributed by atoms with Gasteiger partial charge in [0.05, 0.1) is 6.10 Å². The van der Waals surface area contributed by atoms with E-state index >= 15 is 0 Å². The lowest BCUT2D eigenvalue weighted by Gasteiger charge is -2.38. The largest absolute Gasteiger partial charge is 0.456 e. The molecule has 3 nitrogen and oxygen atoms in total. The molecule has 0 heterocycles. The van der Waals surface area contributed by atoms with Crippen LogP contribution in [0.1, 0.15) is 46.0 Å². The smallest absolute Gasteiger partial charge is 0.333 e. The molecule has 0 aromatic carbocycles. The number of ether oxygens (including phenoxy) is 2. The normalized spacial score (nSPS) is 29.8. The number of carbonyl (C=O) groups is 1. The van der Waals surface area contributed by atoms with Crippen LogP contribution < -0.4 is 0 Å². The van der Waals surface area contributed by atoms with Crippen molar-refractivity contribution in [3.05, 3.63) is 12.2 Å². The van der Waals surface area contributed by atoms with Crippen LogP contribution in [0.5, 0.6) is 0 Å². The third-order valence-corrected chi connectivity index (χ3v) is 3.48. The minimum absolute atomic E-state index is 0.266. The highest BCUT2D eigenvalue weighted by Gasteiger charge is 2.37. The molecule has 0 saturated heterocycles. The zero-order valence-corrected chi connectivity index (χ0v) is 10.5. The Morgan fingerprint density at radius 2 is 2.00 bits per heavy atom. The highest BCUT2D eigenvalue weighted by Crippen LogP contribution is 2.35. The zero-order valence-electron chi connectivity index (χ0n) is 10.5. The van der Waals surface area contributed by atoms with E-state index in [4.69, 9.17) is 9.47 Å². The molecule has 1 aliphatic rings. The van der Waals surface area contributed by atoms with Crippen LogP contribution in [0.15, 0.2) is 12.2 Å². The molecule has 0 bridgehead atoms. The van der Waals surface area contributed by atoms with E-state index in [-0.39, 0.29) is 11.6 Å². The molecule has 0 aromatic rings. The molecule has 0 amide bonds. The van der Waals surface area contributed by atoms with Crippen molar-refractivity contribution in [3.63, 3.8) is 0 Å². The van der Waals surface area contributed by atoms with E-state index in [0.29, 0.717) is 11.7 Å². The minimum Gasteiger partial charge on any atom is -0.456 e. The van der Waals surface area contributed by atoms with E-state index < -0.39 is 0 Å². The van der Waals surface area contributed by atoms with Gasteiger partial charge in [-0.25, -0.2) is 4.79 Å². The van der Waals surface area contributed by atoms with Gasteiger partial charge >= 0.3 is 5.97 Å². The molecule has 0 unspecified atom stereocenters. The summed E-state index contributed by atoms with van der Waals surface area (Å²) in [6.45, 7) is 7.37. The minimum atomic E-state index is -0.287. The Kier molecular flexibility index (Phi) is 4.54. The lowest BCUT2D eigenvalue weighted by Crippen LogP contribution is -2.40. The monoisotopic (exact) mass is 226 g/mol. The van der Waals surface area contributed by atoms with Crippen molar-refractivity contribution in [3.8, 4) is 0 Å². The molecule has 1 saturated carbocycles. The number of hydrogen-bond donors (Lipinski definition) is 0. The number of hydrogen-bond acceptors (Lipinski definition) is 3. The standard InChI is InChI=1S/C13H22O3/c1-5-13(16-12(14)10(2)3)8-6-11(15-4)7-9-13/h11H,2,5-9H2,1,3-4H3. The van der Waals surface area contributed by atoms with Gasteiger partial charge in [-0.1, -0.05) is 13.5 Å². The summed E-state index contributed by atoms with van der Waals surface area (Å²) in [5.41, 5.74) is 0.187. The Bertz CT molecular complexity index is 262. The average Bonchev–Trinajstić information content (AvgIpc) is 2.29. The molecule has 0 N–H and O–H groups in total. The Balaban J connectivity index is 2.59. The highest BCUT2D eigenvalue weighted by molar-refractivity contribution is 5.87.